The van der Waals surface area contributed by atoms with Gasteiger partial charge in [-0.05, 0) is 93.5 Å². The van der Waals surface area contributed by atoms with Crippen molar-refractivity contribution in [1.29, 1.82) is 0 Å². The number of β-amino-alcohol motifs (C(OH)–C–C–N with tert-alkyl or cyclic N) is 1. The molecule has 0 saturated carbocycles. The van der Waals surface area contributed by atoms with E-state index in [1.807, 2.05) is 44.2 Å². The van der Waals surface area contributed by atoms with Gasteiger partial charge in [-0.2, -0.15) is 0 Å². The first-order valence-corrected chi connectivity index (χ1v) is 12.5. The minimum absolute atomic E-state index is 0.165. The maximum Gasteiger partial charge on any atom is 0.330 e. The lowest BCUT2D eigenvalue weighted by Crippen LogP contribution is -2.39. The summed E-state index contributed by atoms with van der Waals surface area (Å²) in [4.78, 5) is 14.1. The monoisotopic (exact) mass is 483 g/mol. The number of hydrogen-bond donors (Lipinski definition) is 1. The van der Waals surface area contributed by atoms with Gasteiger partial charge < -0.3 is 14.6 Å². The van der Waals surface area contributed by atoms with E-state index >= 15 is 0 Å². The fraction of sp³-hybridized carbons (Fsp3) is 0.483. The summed E-state index contributed by atoms with van der Waals surface area (Å²) in [6.45, 7) is 9.48. The lowest BCUT2D eigenvalue weighted by molar-refractivity contribution is -0.137. The van der Waals surface area contributed by atoms with Crippen LogP contribution in [0.2, 0.25) is 0 Å². The maximum absolute atomic E-state index is 14.0. The van der Waals surface area contributed by atoms with Crippen molar-refractivity contribution in [1.82, 2.24) is 4.90 Å². The van der Waals surface area contributed by atoms with Crippen molar-refractivity contribution >= 4 is 12.0 Å². The molecule has 1 aliphatic rings. The maximum atomic E-state index is 14.0. The summed E-state index contributed by atoms with van der Waals surface area (Å²) in [5.74, 6) is -0.540. The lowest BCUT2D eigenvalue weighted by Gasteiger charge is -2.28. The molecule has 1 saturated heterocycles. The van der Waals surface area contributed by atoms with Crippen molar-refractivity contribution < 1.29 is 23.8 Å². The second kappa shape index (κ2) is 13.0. The molecule has 2 aromatic carbocycles. The van der Waals surface area contributed by atoms with Crippen LogP contribution in [-0.4, -0.2) is 54.4 Å². The second-order valence-corrected chi connectivity index (χ2v) is 9.37. The van der Waals surface area contributed by atoms with Crippen molar-refractivity contribution in [3.63, 3.8) is 0 Å². The van der Waals surface area contributed by atoms with E-state index in [4.69, 9.17) is 9.47 Å². The quantitative estimate of drug-likeness (QED) is 0.353. The SMILES string of the molecule is CCOC(=O)C=Cc1c(C)cccc1[C@@H](C)OC[C@H](O)CN1CCC[C@H]1Cc1ccc(C)c(F)c1. The third-order valence-electron chi connectivity index (χ3n) is 6.66. The van der Waals surface area contributed by atoms with Crippen LogP contribution in [0.4, 0.5) is 4.39 Å². The lowest BCUT2D eigenvalue weighted by atomic mass is 9.98. The highest BCUT2D eigenvalue weighted by Crippen LogP contribution is 2.26. The van der Waals surface area contributed by atoms with Crippen LogP contribution in [0.25, 0.3) is 6.08 Å². The van der Waals surface area contributed by atoms with Gasteiger partial charge in [-0.1, -0.05) is 30.3 Å². The Kier molecular flexibility index (Phi) is 10.0. The predicted octanol–water partition coefficient (Wildman–Crippen LogP) is 5.16. The summed E-state index contributed by atoms with van der Waals surface area (Å²) in [5.41, 5.74) is 4.57. The van der Waals surface area contributed by atoms with Gasteiger partial charge >= 0.3 is 5.97 Å². The molecule has 5 nitrogen and oxygen atoms in total. The number of carbonyl (C=O) groups is 1. The van der Waals surface area contributed by atoms with E-state index < -0.39 is 6.10 Å². The zero-order chi connectivity index (χ0) is 25.4. The Hall–Kier alpha value is -2.54. The molecule has 190 valence electrons. The fourth-order valence-electron chi connectivity index (χ4n) is 4.70. The number of ether oxygens (including phenoxy) is 2. The van der Waals surface area contributed by atoms with E-state index in [1.54, 1.807) is 26.0 Å². The number of benzene rings is 2. The van der Waals surface area contributed by atoms with Gasteiger partial charge in [0.1, 0.15) is 5.82 Å². The molecule has 0 unspecified atom stereocenters. The molecule has 0 bridgehead atoms. The van der Waals surface area contributed by atoms with Gasteiger partial charge in [0.2, 0.25) is 0 Å². The Morgan fingerprint density at radius 2 is 2.06 bits per heavy atom. The number of aliphatic hydroxyl groups is 1. The minimum atomic E-state index is -0.629. The number of likely N-dealkylation sites (tertiary alicyclic amines) is 1. The molecule has 0 aliphatic carbocycles. The number of hydrogen-bond acceptors (Lipinski definition) is 5. The van der Waals surface area contributed by atoms with Gasteiger partial charge in [0.15, 0.2) is 0 Å². The van der Waals surface area contributed by atoms with E-state index in [9.17, 15) is 14.3 Å². The molecule has 3 atom stereocenters. The zero-order valence-corrected chi connectivity index (χ0v) is 21.3. The number of aliphatic hydroxyl groups excluding tert-OH is 1. The fourth-order valence-corrected chi connectivity index (χ4v) is 4.70. The van der Waals surface area contributed by atoms with Crippen molar-refractivity contribution in [2.24, 2.45) is 0 Å². The molecule has 1 aliphatic heterocycles. The van der Waals surface area contributed by atoms with Gasteiger partial charge in [0.05, 0.1) is 25.4 Å². The summed E-state index contributed by atoms with van der Waals surface area (Å²) in [6.07, 6.45) is 5.21. The highest BCUT2D eigenvalue weighted by atomic mass is 19.1. The first-order valence-electron chi connectivity index (χ1n) is 12.5. The number of esters is 1. The van der Waals surface area contributed by atoms with Crippen molar-refractivity contribution in [2.75, 3.05) is 26.3 Å². The van der Waals surface area contributed by atoms with E-state index in [-0.39, 0.29) is 24.5 Å². The van der Waals surface area contributed by atoms with Crippen LogP contribution < -0.4 is 0 Å². The van der Waals surface area contributed by atoms with Crippen LogP contribution in [0.1, 0.15) is 60.6 Å². The van der Waals surface area contributed by atoms with Gasteiger partial charge in [-0.25, -0.2) is 9.18 Å². The Morgan fingerprint density at radius 1 is 1.26 bits per heavy atom. The normalized spacial score (nSPS) is 18.2. The molecule has 0 aromatic heterocycles. The second-order valence-electron chi connectivity index (χ2n) is 9.37. The average molecular weight is 484 g/mol. The van der Waals surface area contributed by atoms with E-state index in [0.29, 0.717) is 24.8 Å². The summed E-state index contributed by atoms with van der Waals surface area (Å²) in [6, 6.07) is 11.7. The topological polar surface area (TPSA) is 59.0 Å². The molecule has 6 heteroatoms. The Balaban J connectivity index is 1.56. The van der Waals surface area contributed by atoms with Crippen LogP contribution in [0.3, 0.4) is 0 Å². The summed E-state index contributed by atoms with van der Waals surface area (Å²) in [7, 11) is 0. The van der Waals surface area contributed by atoms with Gasteiger partial charge in [-0.15, -0.1) is 0 Å². The number of aryl methyl sites for hydroxylation is 2. The first-order chi connectivity index (χ1) is 16.8. The smallest absolute Gasteiger partial charge is 0.330 e. The van der Waals surface area contributed by atoms with Crippen LogP contribution in [0.5, 0.6) is 0 Å². The molecule has 1 heterocycles. The zero-order valence-electron chi connectivity index (χ0n) is 21.3. The predicted molar refractivity (Wildman–Crippen MR) is 137 cm³/mol. The van der Waals surface area contributed by atoms with Gasteiger partial charge in [0.25, 0.3) is 0 Å². The number of carbonyl (C=O) groups excluding carboxylic acids is 1. The molecular formula is C29H38FNO4. The third kappa shape index (κ3) is 7.72. The Bertz CT molecular complexity index is 1020. The highest BCUT2D eigenvalue weighted by Gasteiger charge is 2.27. The van der Waals surface area contributed by atoms with E-state index in [0.717, 1.165) is 48.1 Å². The van der Waals surface area contributed by atoms with E-state index in [2.05, 4.69) is 4.90 Å². The summed E-state index contributed by atoms with van der Waals surface area (Å²) in [5, 5.41) is 10.7. The minimum Gasteiger partial charge on any atom is -0.463 e. The molecule has 2 aromatic rings. The Labute approximate surface area is 208 Å². The molecule has 0 amide bonds. The molecule has 1 fully saturated rings. The van der Waals surface area contributed by atoms with Crippen LogP contribution in [-0.2, 0) is 20.7 Å². The van der Waals surface area contributed by atoms with Crippen molar-refractivity contribution in [3.05, 3.63) is 76.1 Å². The summed E-state index contributed by atoms with van der Waals surface area (Å²) < 4.78 is 25.0. The molecule has 35 heavy (non-hydrogen) atoms. The van der Waals surface area contributed by atoms with Crippen LogP contribution in [0.15, 0.2) is 42.5 Å². The molecule has 0 radical (unpaired) electrons. The summed E-state index contributed by atoms with van der Waals surface area (Å²) >= 11 is 0. The largest absolute Gasteiger partial charge is 0.463 e. The number of rotatable bonds is 11. The third-order valence-corrected chi connectivity index (χ3v) is 6.66. The number of halogens is 1. The van der Waals surface area contributed by atoms with Gasteiger partial charge in [-0.3, -0.25) is 4.90 Å². The standard InChI is InChI=1S/C29H38FNO4/c1-5-34-29(33)14-13-26-20(2)8-6-10-27(26)22(4)35-19-25(32)18-31-15-7-9-24(31)16-23-12-11-21(3)28(30)17-23/h6,8,10-14,17,22,24-25,32H,5,7,9,15-16,18-19H2,1-4H3/t22-,24+,25-/m1/s1. The number of nitrogens with zero attached hydrogens (tertiary/aromatic N) is 1. The molecule has 3 rings (SSSR count). The molecular weight excluding hydrogens is 445 g/mol. The molecule has 0 spiro atoms. The first kappa shape index (κ1) is 27.1. The van der Waals surface area contributed by atoms with Crippen LogP contribution in [0, 0.1) is 19.7 Å². The average Bonchev–Trinajstić information content (AvgIpc) is 3.25. The van der Waals surface area contributed by atoms with E-state index in [1.165, 1.54) is 6.08 Å². The van der Waals surface area contributed by atoms with Crippen LogP contribution >= 0.6 is 0 Å². The molecule has 1 N–H and O–H groups in total. The van der Waals surface area contributed by atoms with Crippen molar-refractivity contribution in [2.45, 2.75) is 65.2 Å². The van der Waals surface area contributed by atoms with Gasteiger partial charge in [0, 0.05) is 18.7 Å². The van der Waals surface area contributed by atoms with Crippen molar-refractivity contribution in [3.8, 4) is 0 Å². The highest BCUT2D eigenvalue weighted by molar-refractivity contribution is 5.87. The Morgan fingerprint density at radius 3 is 2.80 bits per heavy atom.